The minimum atomic E-state index is 0.772. The lowest BCUT2D eigenvalue weighted by molar-refractivity contribution is 0.878. The molecule has 0 radical (unpaired) electrons. The molecule has 6 aromatic rings. The van der Waals surface area contributed by atoms with Crippen LogP contribution in [-0.2, 0) is 0 Å². The molecule has 0 fully saturated rings. The van der Waals surface area contributed by atoms with Crippen molar-refractivity contribution in [1.29, 1.82) is 0 Å². The van der Waals surface area contributed by atoms with Gasteiger partial charge in [0.25, 0.3) is 0 Å². The largest absolute Gasteiger partial charge is 0.309 e. The monoisotopic (exact) mass is 554 g/mol. The summed E-state index contributed by atoms with van der Waals surface area (Å²) in [5.41, 5.74) is 8.55. The maximum Gasteiger partial charge on any atom is 0.107 e. The minimum Gasteiger partial charge on any atom is -0.309 e. The second-order valence-electron chi connectivity index (χ2n) is 8.73. The van der Waals surface area contributed by atoms with Crippen molar-refractivity contribution in [3.8, 4) is 33.6 Å². The van der Waals surface area contributed by atoms with Crippen LogP contribution in [0.25, 0.3) is 33.6 Å². The van der Waals surface area contributed by atoms with Crippen LogP contribution in [-0.4, -0.2) is 15.4 Å². The summed E-state index contributed by atoms with van der Waals surface area (Å²) in [5.74, 6) is 0. The normalized spacial score (nSPS) is 10.8. The van der Waals surface area contributed by atoms with Crippen molar-refractivity contribution in [1.82, 2.24) is 15.4 Å². The van der Waals surface area contributed by atoms with Crippen LogP contribution in [0.2, 0.25) is 0 Å². The zero-order valence-electron chi connectivity index (χ0n) is 20.4. The SMILES string of the molecule is Brc1ccccc1N(c1ccccc1)c1ccccc1-c1nnnc(-c2ccccc2)c1-c1ccccc1. The molecule has 0 amide bonds. The van der Waals surface area contributed by atoms with Gasteiger partial charge in [0.05, 0.1) is 11.4 Å². The predicted molar refractivity (Wildman–Crippen MR) is 159 cm³/mol. The van der Waals surface area contributed by atoms with Crippen molar-refractivity contribution in [2.24, 2.45) is 0 Å². The number of hydrogen-bond acceptors (Lipinski definition) is 4. The van der Waals surface area contributed by atoms with Gasteiger partial charge in [0.2, 0.25) is 0 Å². The van der Waals surface area contributed by atoms with E-state index in [0.717, 1.165) is 55.2 Å². The van der Waals surface area contributed by atoms with Gasteiger partial charge in [0, 0.05) is 26.9 Å². The molecular formula is C33H23BrN4. The number of aromatic nitrogens is 3. The summed E-state index contributed by atoms with van der Waals surface area (Å²) in [6, 6.07) is 47.4. The van der Waals surface area contributed by atoms with E-state index in [0.29, 0.717) is 0 Å². The molecule has 0 bridgehead atoms. The molecular weight excluding hydrogens is 532 g/mol. The average molecular weight is 555 g/mol. The maximum absolute atomic E-state index is 4.66. The summed E-state index contributed by atoms with van der Waals surface area (Å²) < 4.78 is 0.993. The smallest absolute Gasteiger partial charge is 0.107 e. The van der Waals surface area contributed by atoms with Crippen LogP contribution in [0, 0.1) is 0 Å². The first-order valence-corrected chi connectivity index (χ1v) is 13.1. The second-order valence-corrected chi connectivity index (χ2v) is 9.59. The molecule has 0 spiro atoms. The highest BCUT2D eigenvalue weighted by atomic mass is 79.9. The van der Waals surface area contributed by atoms with Crippen LogP contribution in [0.5, 0.6) is 0 Å². The lowest BCUT2D eigenvalue weighted by Gasteiger charge is -2.28. The number of nitrogens with zero attached hydrogens (tertiary/aromatic N) is 4. The molecule has 0 saturated carbocycles. The minimum absolute atomic E-state index is 0.772. The average Bonchev–Trinajstić information content (AvgIpc) is 3.00. The van der Waals surface area contributed by atoms with Gasteiger partial charge < -0.3 is 4.90 Å². The second kappa shape index (κ2) is 10.8. The van der Waals surface area contributed by atoms with Crippen molar-refractivity contribution in [3.05, 3.63) is 144 Å². The fraction of sp³-hybridized carbons (Fsp3) is 0. The summed E-state index contributed by atoms with van der Waals surface area (Å²) in [5, 5.41) is 13.5. The highest BCUT2D eigenvalue weighted by Gasteiger charge is 2.23. The fourth-order valence-electron chi connectivity index (χ4n) is 4.68. The van der Waals surface area contributed by atoms with E-state index in [4.69, 9.17) is 0 Å². The molecule has 1 heterocycles. The van der Waals surface area contributed by atoms with Crippen molar-refractivity contribution >= 4 is 33.0 Å². The van der Waals surface area contributed by atoms with Crippen molar-refractivity contribution in [2.45, 2.75) is 0 Å². The Kier molecular flexibility index (Phi) is 6.75. The fourth-order valence-corrected chi connectivity index (χ4v) is 5.14. The molecule has 0 atom stereocenters. The van der Waals surface area contributed by atoms with Gasteiger partial charge in [-0.2, -0.15) is 0 Å². The van der Waals surface area contributed by atoms with E-state index in [9.17, 15) is 0 Å². The lowest BCUT2D eigenvalue weighted by Crippen LogP contribution is -2.12. The van der Waals surface area contributed by atoms with E-state index in [1.165, 1.54) is 0 Å². The van der Waals surface area contributed by atoms with Crippen LogP contribution in [0.1, 0.15) is 0 Å². The van der Waals surface area contributed by atoms with E-state index in [1.807, 2.05) is 60.7 Å². The van der Waals surface area contributed by atoms with Crippen LogP contribution >= 0.6 is 15.9 Å². The van der Waals surface area contributed by atoms with Gasteiger partial charge in [0.1, 0.15) is 11.4 Å². The van der Waals surface area contributed by atoms with E-state index >= 15 is 0 Å². The van der Waals surface area contributed by atoms with Gasteiger partial charge in [-0.1, -0.05) is 109 Å². The molecule has 6 rings (SSSR count). The highest BCUT2D eigenvalue weighted by molar-refractivity contribution is 9.10. The Bertz CT molecular complexity index is 1670. The Labute approximate surface area is 230 Å². The van der Waals surface area contributed by atoms with E-state index in [2.05, 4.69) is 115 Å². The van der Waals surface area contributed by atoms with E-state index in [1.54, 1.807) is 0 Å². The number of para-hydroxylation sites is 3. The molecule has 182 valence electrons. The molecule has 1 aromatic heterocycles. The van der Waals surface area contributed by atoms with Crippen molar-refractivity contribution < 1.29 is 0 Å². The van der Waals surface area contributed by atoms with Gasteiger partial charge in [-0.25, -0.2) is 0 Å². The number of rotatable bonds is 6. The van der Waals surface area contributed by atoms with E-state index in [-0.39, 0.29) is 0 Å². The number of hydrogen-bond donors (Lipinski definition) is 0. The van der Waals surface area contributed by atoms with Crippen molar-refractivity contribution in [2.75, 3.05) is 4.90 Å². The Morgan fingerprint density at radius 2 is 1.00 bits per heavy atom. The lowest BCUT2D eigenvalue weighted by atomic mass is 9.94. The first kappa shape index (κ1) is 23.8. The molecule has 5 heteroatoms. The van der Waals surface area contributed by atoms with Crippen LogP contribution in [0.15, 0.2) is 144 Å². The topological polar surface area (TPSA) is 41.9 Å². The van der Waals surface area contributed by atoms with Gasteiger partial charge in [-0.3, -0.25) is 0 Å². The quantitative estimate of drug-likeness (QED) is 0.206. The maximum atomic E-state index is 4.66. The summed E-state index contributed by atoms with van der Waals surface area (Å²) in [4.78, 5) is 2.25. The van der Waals surface area contributed by atoms with E-state index < -0.39 is 0 Å². The standard InChI is InChI=1S/C33H23BrN4/c34-28-21-11-13-23-30(28)38(26-18-8-3-9-19-26)29-22-12-10-20-27(29)33-31(24-14-4-1-5-15-24)32(35-37-36-33)25-16-6-2-7-17-25/h1-23H. The molecule has 5 aromatic carbocycles. The number of halogens is 1. The third-order valence-electron chi connectivity index (χ3n) is 6.38. The third kappa shape index (κ3) is 4.60. The first-order valence-electron chi connectivity index (χ1n) is 12.3. The summed E-state index contributed by atoms with van der Waals surface area (Å²) >= 11 is 3.79. The molecule has 0 saturated heterocycles. The Hall–Kier alpha value is -4.61. The Morgan fingerprint density at radius 3 is 1.68 bits per heavy atom. The molecule has 0 unspecified atom stereocenters. The van der Waals surface area contributed by atoms with Crippen molar-refractivity contribution in [3.63, 3.8) is 0 Å². The Balaban J connectivity index is 1.65. The van der Waals surface area contributed by atoms with Crippen LogP contribution in [0.3, 0.4) is 0 Å². The molecule has 0 N–H and O–H groups in total. The molecule has 4 nitrogen and oxygen atoms in total. The van der Waals surface area contributed by atoms with Crippen LogP contribution in [0.4, 0.5) is 17.1 Å². The third-order valence-corrected chi connectivity index (χ3v) is 7.05. The van der Waals surface area contributed by atoms with Crippen LogP contribution < -0.4 is 4.90 Å². The number of benzene rings is 5. The number of anilines is 3. The van der Waals surface area contributed by atoms with Gasteiger partial charge in [-0.15, -0.1) is 10.2 Å². The molecule has 38 heavy (non-hydrogen) atoms. The highest BCUT2D eigenvalue weighted by Crippen LogP contribution is 2.45. The molecule has 0 aliphatic rings. The predicted octanol–water partition coefficient (Wildman–Crippen LogP) is 9.10. The summed E-state index contributed by atoms with van der Waals surface area (Å²) in [7, 11) is 0. The zero-order valence-corrected chi connectivity index (χ0v) is 22.0. The summed E-state index contributed by atoms with van der Waals surface area (Å²) in [6.45, 7) is 0. The Morgan fingerprint density at radius 1 is 0.474 bits per heavy atom. The molecule has 0 aliphatic carbocycles. The summed E-state index contributed by atoms with van der Waals surface area (Å²) in [6.07, 6.45) is 0. The first-order chi connectivity index (χ1) is 18.8. The van der Waals surface area contributed by atoms with Gasteiger partial charge >= 0.3 is 0 Å². The van der Waals surface area contributed by atoms with Gasteiger partial charge in [0.15, 0.2) is 0 Å². The zero-order chi connectivity index (χ0) is 25.7. The molecule has 0 aliphatic heterocycles. The van der Waals surface area contributed by atoms with Gasteiger partial charge in [-0.05, 0) is 57.0 Å².